The predicted octanol–water partition coefficient (Wildman–Crippen LogP) is 1.98. The number of hydrogen-bond donors (Lipinski definition) is 2. The van der Waals surface area contributed by atoms with Gasteiger partial charge < -0.3 is 10.8 Å². The second-order valence-corrected chi connectivity index (χ2v) is 3.83. The largest absolute Gasteiger partial charge is 0.480 e. The molecule has 1 aromatic carbocycles. The highest BCUT2D eigenvalue weighted by Crippen LogP contribution is 2.20. The van der Waals surface area contributed by atoms with Crippen LogP contribution in [0.5, 0.6) is 0 Å². The molecular weight excluding hydrogens is 190 g/mol. The van der Waals surface area contributed by atoms with Crippen LogP contribution in [0.1, 0.15) is 31.2 Å². The summed E-state index contributed by atoms with van der Waals surface area (Å²) in [7, 11) is 0. The number of carbonyl (C=O) groups is 1. The average Bonchev–Trinajstić information content (AvgIpc) is 2.26. The van der Waals surface area contributed by atoms with Gasteiger partial charge in [0, 0.05) is 0 Å². The van der Waals surface area contributed by atoms with Crippen molar-refractivity contribution in [3.63, 3.8) is 0 Å². The summed E-state index contributed by atoms with van der Waals surface area (Å²) in [5, 5.41) is 8.64. The molecule has 0 bridgehead atoms. The van der Waals surface area contributed by atoms with Crippen LogP contribution in [0.15, 0.2) is 30.3 Å². The molecule has 15 heavy (non-hydrogen) atoms. The zero-order valence-electron chi connectivity index (χ0n) is 8.89. The van der Waals surface area contributed by atoms with Gasteiger partial charge in [0.1, 0.15) is 6.04 Å². The van der Waals surface area contributed by atoms with E-state index in [0.29, 0.717) is 12.3 Å². The molecule has 1 rings (SSSR count). The van der Waals surface area contributed by atoms with Crippen molar-refractivity contribution in [3.8, 4) is 0 Å². The molecule has 0 amide bonds. The summed E-state index contributed by atoms with van der Waals surface area (Å²) < 4.78 is 0. The van der Waals surface area contributed by atoms with E-state index in [1.165, 1.54) is 5.56 Å². The Kier molecular flexibility index (Phi) is 4.31. The molecule has 0 aromatic heterocycles. The van der Waals surface area contributed by atoms with Gasteiger partial charge in [0.05, 0.1) is 0 Å². The predicted molar refractivity (Wildman–Crippen MR) is 59.7 cm³/mol. The summed E-state index contributed by atoms with van der Waals surface area (Å²) in [5.74, 6) is -0.563. The van der Waals surface area contributed by atoms with Crippen molar-refractivity contribution in [1.29, 1.82) is 0 Å². The molecule has 2 unspecified atom stereocenters. The number of benzene rings is 1. The Balaban J connectivity index is 2.43. The Bertz CT molecular complexity index is 311. The van der Waals surface area contributed by atoms with Gasteiger partial charge in [-0.05, 0) is 24.3 Å². The number of hydrogen-bond acceptors (Lipinski definition) is 2. The smallest absolute Gasteiger partial charge is 0.320 e. The van der Waals surface area contributed by atoms with Gasteiger partial charge in [-0.3, -0.25) is 4.79 Å². The van der Waals surface area contributed by atoms with Gasteiger partial charge in [0.15, 0.2) is 0 Å². The van der Waals surface area contributed by atoms with Gasteiger partial charge in [0.2, 0.25) is 0 Å². The van der Waals surface area contributed by atoms with Crippen molar-refractivity contribution >= 4 is 5.97 Å². The summed E-state index contributed by atoms with van der Waals surface area (Å²) in [6.07, 6.45) is 1.32. The van der Waals surface area contributed by atoms with Crippen molar-refractivity contribution < 1.29 is 9.90 Å². The SMILES string of the molecule is CC(CCC(N)C(=O)O)c1ccccc1. The van der Waals surface area contributed by atoms with Gasteiger partial charge >= 0.3 is 5.97 Å². The summed E-state index contributed by atoms with van der Waals surface area (Å²) >= 11 is 0. The number of carboxylic acid groups (broad SMARTS) is 1. The molecule has 3 nitrogen and oxygen atoms in total. The van der Waals surface area contributed by atoms with E-state index in [-0.39, 0.29) is 0 Å². The molecule has 0 aliphatic heterocycles. The van der Waals surface area contributed by atoms with Crippen LogP contribution < -0.4 is 5.73 Å². The third kappa shape index (κ3) is 3.72. The van der Waals surface area contributed by atoms with Crippen LogP contribution in [-0.4, -0.2) is 17.1 Å². The third-order valence-corrected chi connectivity index (χ3v) is 2.60. The van der Waals surface area contributed by atoms with Gasteiger partial charge in [0.25, 0.3) is 0 Å². The van der Waals surface area contributed by atoms with Crippen LogP contribution in [0.25, 0.3) is 0 Å². The van der Waals surface area contributed by atoms with Crippen LogP contribution in [0.2, 0.25) is 0 Å². The maximum absolute atomic E-state index is 10.5. The van der Waals surface area contributed by atoms with E-state index in [1.54, 1.807) is 0 Å². The van der Waals surface area contributed by atoms with Crippen molar-refractivity contribution in [2.75, 3.05) is 0 Å². The third-order valence-electron chi connectivity index (χ3n) is 2.60. The zero-order valence-corrected chi connectivity index (χ0v) is 8.89. The van der Waals surface area contributed by atoms with Gasteiger partial charge in [-0.15, -0.1) is 0 Å². The molecule has 0 aliphatic carbocycles. The molecule has 0 fully saturated rings. The molecule has 0 heterocycles. The molecular formula is C12H17NO2. The highest BCUT2D eigenvalue weighted by atomic mass is 16.4. The number of aliphatic carboxylic acids is 1. The number of carboxylic acids is 1. The van der Waals surface area contributed by atoms with Crippen LogP contribution in [0.4, 0.5) is 0 Å². The van der Waals surface area contributed by atoms with E-state index in [4.69, 9.17) is 10.8 Å². The lowest BCUT2D eigenvalue weighted by molar-refractivity contribution is -0.138. The second-order valence-electron chi connectivity index (χ2n) is 3.83. The van der Waals surface area contributed by atoms with Gasteiger partial charge in [-0.2, -0.15) is 0 Å². The molecule has 0 saturated carbocycles. The molecule has 2 atom stereocenters. The fraction of sp³-hybridized carbons (Fsp3) is 0.417. The Labute approximate surface area is 89.9 Å². The lowest BCUT2D eigenvalue weighted by atomic mass is 9.94. The zero-order chi connectivity index (χ0) is 11.3. The summed E-state index contributed by atoms with van der Waals surface area (Å²) in [6, 6.07) is 9.31. The first kappa shape index (κ1) is 11.7. The molecule has 0 radical (unpaired) electrons. The normalized spacial score (nSPS) is 14.5. The van der Waals surface area contributed by atoms with Crippen LogP contribution in [-0.2, 0) is 4.79 Å². The summed E-state index contributed by atoms with van der Waals surface area (Å²) in [5.41, 5.74) is 6.67. The van der Waals surface area contributed by atoms with Crippen LogP contribution in [0, 0.1) is 0 Å². The first-order valence-electron chi connectivity index (χ1n) is 5.14. The Morgan fingerprint density at radius 2 is 1.93 bits per heavy atom. The molecule has 0 saturated heterocycles. The average molecular weight is 207 g/mol. The highest BCUT2D eigenvalue weighted by molar-refractivity contribution is 5.72. The number of rotatable bonds is 5. The first-order chi connectivity index (χ1) is 7.11. The van der Waals surface area contributed by atoms with E-state index in [2.05, 4.69) is 19.1 Å². The maximum Gasteiger partial charge on any atom is 0.320 e. The minimum Gasteiger partial charge on any atom is -0.480 e. The van der Waals surface area contributed by atoms with Gasteiger partial charge in [-0.1, -0.05) is 37.3 Å². The second kappa shape index (κ2) is 5.51. The van der Waals surface area contributed by atoms with E-state index < -0.39 is 12.0 Å². The first-order valence-corrected chi connectivity index (χ1v) is 5.14. The van der Waals surface area contributed by atoms with E-state index in [1.807, 2.05) is 18.2 Å². The molecule has 3 N–H and O–H groups in total. The van der Waals surface area contributed by atoms with Crippen molar-refractivity contribution in [2.24, 2.45) is 5.73 Å². The topological polar surface area (TPSA) is 63.3 Å². The van der Waals surface area contributed by atoms with E-state index >= 15 is 0 Å². The minimum absolute atomic E-state index is 0.358. The van der Waals surface area contributed by atoms with Crippen LogP contribution in [0.3, 0.4) is 0 Å². The fourth-order valence-electron chi connectivity index (χ4n) is 1.50. The number of nitrogens with two attached hydrogens (primary N) is 1. The lowest BCUT2D eigenvalue weighted by Crippen LogP contribution is -2.30. The van der Waals surface area contributed by atoms with E-state index in [9.17, 15) is 4.79 Å². The van der Waals surface area contributed by atoms with Crippen LogP contribution >= 0.6 is 0 Å². The molecule has 1 aromatic rings. The fourth-order valence-corrected chi connectivity index (χ4v) is 1.50. The van der Waals surface area contributed by atoms with Gasteiger partial charge in [-0.25, -0.2) is 0 Å². The molecule has 0 aliphatic rings. The Morgan fingerprint density at radius 1 is 1.33 bits per heavy atom. The Morgan fingerprint density at radius 3 is 2.47 bits per heavy atom. The maximum atomic E-state index is 10.5. The minimum atomic E-state index is -0.921. The molecule has 0 spiro atoms. The lowest BCUT2D eigenvalue weighted by Gasteiger charge is -2.13. The Hall–Kier alpha value is -1.35. The van der Waals surface area contributed by atoms with Crippen molar-refractivity contribution in [1.82, 2.24) is 0 Å². The summed E-state index contributed by atoms with van der Waals surface area (Å²) in [6.45, 7) is 2.09. The standard InChI is InChI=1S/C12H17NO2/c1-9(7-8-11(13)12(14)15)10-5-3-2-4-6-10/h2-6,9,11H,7-8,13H2,1H3,(H,14,15). The quantitative estimate of drug-likeness (QED) is 0.776. The van der Waals surface area contributed by atoms with E-state index in [0.717, 1.165) is 6.42 Å². The highest BCUT2D eigenvalue weighted by Gasteiger charge is 2.13. The molecule has 82 valence electrons. The van der Waals surface area contributed by atoms with Crippen molar-refractivity contribution in [2.45, 2.75) is 31.7 Å². The monoisotopic (exact) mass is 207 g/mol. The van der Waals surface area contributed by atoms with Crippen molar-refractivity contribution in [3.05, 3.63) is 35.9 Å². The summed E-state index contributed by atoms with van der Waals surface area (Å²) in [4.78, 5) is 10.5. The molecule has 3 heteroatoms.